The second-order valence-corrected chi connectivity index (χ2v) is 11.3. The van der Waals surface area contributed by atoms with Crippen molar-refractivity contribution in [2.75, 3.05) is 5.32 Å². The zero-order chi connectivity index (χ0) is 23.5. The third-order valence-electron chi connectivity index (χ3n) is 4.98. The topological polar surface area (TPSA) is 102 Å². The predicted molar refractivity (Wildman–Crippen MR) is 132 cm³/mol. The van der Waals surface area contributed by atoms with Crippen molar-refractivity contribution in [1.29, 1.82) is 0 Å². The largest absolute Gasteiger partial charge is 0.439 e. The average molecular weight is 508 g/mol. The molecule has 2 aromatic heterocycles. The first kappa shape index (κ1) is 22.3. The molecule has 2 heterocycles. The minimum Gasteiger partial charge on any atom is -0.439 e. The van der Waals surface area contributed by atoms with E-state index in [1.807, 2.05) is 18.2 Å². The first-order chi connectivity index (χ1) is 16.5. The summed E-state index contributed by atoms with van der Waals surface area (Å²) >= 11 is 2.77. The highest BCUT2D eigenvalue weighted by atomic mass is 32.2. The quantitative estimate of drug-likeness (QED) is 0.224. The van der Waals surface area contributed by atoms with Crippen LogP contribution in [-0.4, -0.2) is 24.5 Å². The molecule has 0 atom stereocenters. The summed E-state index contributed by atoms with van der Waals surface area (Å²) < 4.78 is 31.4. The Morgan fingerprint density at radius 1 is 0.912 bits per heavy atom. The lowest BCUT2D eigenvalue weighted by Gasteiger charge is -2.04. The van der Waals surface area contributed by atoms with Crippen LogP contribution in [0.25, 0.3) is 10.8 Å². The third-order valence-corrected chi connectivity index (χ3v) is 8.64. The van der Waals surface area contributed by atoms with Crippen molar-refractivity contribution in [2.24, 2.45) is 0 Å². The Hall–Kier alpha value is -3.47. The fraction of sp³-hybridized carbons (Fsp3) is 0.0417. The molecule has 1 amide bonds. The van der Waals surface area contributed by atoms with E-state index in [0.717, 1.165) is 0 Å². The molecule has 0 bridgehead atoms. The van der Waals surface area contributed by atoms with Crippen LogP contribution in [0, 0.1) is 0 Å². The summed E-state index contributed by atoms with van der Waals surface area (Å²) in [5.74, 6) is -0.0195. The van der Waals surface area contributed by atoms with Crippen LogP contribution in [0.15, 0.2) is 104 Å². The van der Waals surface area contributed by atoms with Crippen molar-refractivity contribution in [3.63, 3.8) is 0 Å². The highest BCUT2D eigenvalue weighted by molar-refractivity contribution is 8.00. The van der Waals surface area contributed by atoms with E-state index in [4.69, 9.17) is 4.42 Å². The fourth-order valence-electron chi connectivity index (χ4n) is 3.34. The van der Waals surface area contributed by atoms with Crippen molar-refractivity contribution < 1.29 is 17.6 Å². The van der Waals surface area contributed by atoms with Crippen molar-refractivity contribution in [3.8, 4) is 0 Å². The summed E-state index contributed by atoms with van der Waals surface area (Å²) in [4.78, 5) is 12.6. The molecule has 0 aliphatic heterocycles. The zero-order valence-corrected chi connectivity index (χ0v) is 20.0. The van der Waals surface area contributed by atoms with Gasteiger partial charge in [0.05, 0.1) is 4.90 Å². The second kappa shape index (κ2) is 9.41. The van der Waals surface area contributed by atoms with Crippen LogP contribution in [0.4, 0.5) is 5.13 Å². The van der Waals surface area contributed by atoms with Gasteiger partial charge < -0.3 is 4.42 Å². The molecule has 5 aromatic rings. The Kier molecular flexibility index (Phi) is 6.18. The van der Waals surface area contributed by atoms with E-state index < -0.39 is 15.7 Å². The maximum atomic E-state index is 12.7. The summed E-state index contributed by atoms with van der Waals surface area (Å²) in [5.41, 5.74) is 1.19. The number of hydrogen-bond acceptors (Lipinski definition) is 8. The van der Waals surface area contributed by atoms with Gasteiger partial charge in [0.2, 0.25) is 20.1 Å². The number of amides is 1. The van der Waals surface area contributed by atoms with Crippen molar-refractivity contribution in [3.05, 3.63) is 96.3 Å². The Morgan fingerprint density at radius 2 is 1.68 bits per heavy atom. The SMILES string of the molecule is O=C(Nc1nnc(SCc2cccc3ccccc23)s1)c1ccc(S(=O)(=O)c2ccccc2)o1. The minimum atomic E-state index is -3.85. The van der Waals surface area contributed by atoms with Crippen molar-refractivity contribution >= 4 is 54.7 Å². The van der Waals surface area contributed by atoms with E-state index in [-0.39, 0.29) is 15.7 Å². The van der Waals surface area contributed by atoms with E-state index in [0.29, 0.717) is 15.2 Å². The number of carbonyl (C=O) groups is 1. The number of thioether (sulfide) groups is 1. The van der Waals surface area contributed by atoms with E-state index in [1.54, 1.807) is 18.2 Å². The Labute approximate surface area is 203 Å². The molecule has 0 radical (unpaired) electrons. The van der Waals surface area contributed by atoms with Crippen molar-refractivity contribution in [1.82, 2.24) is 10.2 Å². The van der Waals surface area contributed by atoms with Crippen LogP contribution in [0.3, 0.4) is 0 Å². The Morgan fingerprint density at radius 3 is 2.53 bits per heavy atom. The van der Waals surface area contributed by atoms with Crippen LogP contribution in [0.2, 0.25) is 0 Å². The molecular weight excluding hydrogens is 490 g/mol. The van der Waals surface area contributed by atoms with Gasteiger partial charge in [0, 0.05) is 5.75 Å². The number of carbonyl (C=O) groups excluding carboxylic acids is 1. The number of fused-ring (bicyclic) bond motifs is 1. The first-order valence-corrected chi connectivity index (χ1v) is 13.4. The Balaban J connectivity index is 1.25. The number of nitrogens with zero attached hydrogens (tertiary/aromatic N) is 2. The van der Waals surface area contributed by atoms with Crippen LogP contribution >= 0.6 is 23.1 Å². The van der Waals surface area contributed by atoms with Gasteiger partial charge in [0.15, 0.2) is 10.1 Å². The van der Waals surface area contributed by atoms with Gasteiger partial charge >= 0.3 is 0 Å². The molecule has 34 heavy (non-hydrogen) atoms. The van der Waals surface area contributed by atoms with Gasteiger partial charge in [0.1, 0.15) is 0 Å². The minimum absolute atomic E-state index is 0.0910. The molecule has 170 valence electrons. The highest BCUT2D eigenvalue weighted by Crippen LogP contribution is 2.31. The molecule has 1 N–H and O–H groups in total. The molecule has 3 aromatic carbocycles. The van der Waals surface area contributed by atoms with Gasteiger partial charge in [-0.2, -0.15) is 0 Å². The molecule has 0 saturated carbocycles. The summed E-state index contributed by atoms with van der Waals surface area (Å²) in [6.45, 7) is 0. The van der Waals surface area contributed by atoms with Gasteiger partial charge in [-0.15, -0.1) is 10.2 Å². The highest BCUT2D eigenvalue weighted by Gasteiger charge is 2.24. The summed E-state index contributed by atoms with van der Waals surface area (Å²) in [6, 6.07) is 24.9. The van der Waals surface area contributed by atoms with Gasteiger partial charge in [0.25, 0.3) is 5.91 Å². The predicted octanol–water partition coefficient (Wildman–Crippen LogP) is 5.66. The number of furan rings is 1. The molecule has 10 heteroatoms. The summed E-state index contributed by atoms with van der Waals surface area (Å²) in [5, 5.41) is 13.1. The van der Waals surface area contributed by atoms with Crippen LogP contribution < -0.4 is 5.32 Å². The van der Waals surface area contributed by atoms with Gasteiger partial charge in [-0.3, -0.25) is 10.1 Å². The lowest BCUT2D eigenvalue weighted by molar-refractivity contribution is 0.0991. The third kappa shape index (κ3) is 4.60. The number of hydrogen-bond donors (Lipinski definition) is 1. The molecule has 0 aliphatic rings. The molecule has 7 nitrogen and oxygen atoms in total. The molecule has 0 aliphatic carbocycles. The lowest BCUT2D eigenvalue weighted by Crippen LogP contribution is -2.10. The number of benzene rings is 3. The van der Waals surface area contributed by atoms with E-state index >= 15 is 0 Å². The average Bonchev–Trinajstić information content (AvgIpc) is 3.54. The molecule has 0 unspecified atom stereocenters. The molecular formula is C24H17N3O4S3. The Bertz CT molecular complexity index is 1570. The van der Waals surface area contributed by atoms with Crippen LogP contribution in [0.1, 0.15) is 16.1 Å². The number of aromatic nitrogens is 2. The lowest BCUT2D eigenvalue weighted by atomic mass is 10.1. The maximum Gasteiger partial charge on any atom is 0.293 e. The molecule has 0 saturated heterocycles. The number of sulfone groups is 1. The van der Waals surface area contributed by atoms with Crippen LogP contribution in [-0.2, 0) is 15.6 Å². The maximum absolute atomic E-state index is 12.7. The van der Waals surface area contributed by atoms with Gasteiger partial charge in [-0.05, 0) is 40.6 Å². The molecule has 5 rings (SSSR count). The smallest absolute Gasteiger partial charge is 0.293 e. The van der Waals surface area contributed by atoms with E-state index in [1.165, 1.54) is 63.7 Å². The first-order valence-electron chi connectivity index (χ1n) is 10.1. The number of nitrogens with one attached hydrogen (secondary N) is 1. The van der Waals surface area contributed by atoms with Gasteiger partial charge in [-0.1, -0.05) is 83.8 Å². The van der Waals surface area contributed by atoms with Crippen molar-refractivity contribution in [2.45, 2.75) is 20.1 Å². The summed E-state index contributed by atoms with van der Waals surface area (Å²) in [7, 11) is -3.85. The standard InChI is InChI=1S/C24H17N3O4S3/c28-22(20-13-14-21(31-20)34(29,30)18-10-2-1-3-11-18)25-23-26-27-24(33-23)32-15-17-9-6-8-16-7-4-5-12-19(16)17/h1-14H,15H2,(H,25,26,28). The number of anilines is 1. The summed E-state index contributed by atoms with van der Waals surface area (Å²) in [6.07, 6.45) is 0. The monoisotopic (exact) mass is 507 g/mol. The van der Waals surface area contributed by atoms with Crippen LogP contribution in [0.5, 0.6) is 0 Å². The fourth-order valence-corrected chi connectivity index (χ4v) is 6.28. The molecule has 0 fully saturated rings. The number of rotatable bonds is 7. The van der Waals surface area contributed by atoms with Gasteiger partial charge in [-0.25, -0.2) is 8.42 Å². The molecule has 0 spiro atoms. The van der Waals surface area contributed by atoms with E-state index in [9.17, 15) is 13.2 Å². The zero-order valence-electron chi connectivity index (χ0n) is 17.5. The van der Waals surface area contributed by atoms with E-state index in [2.05, 4.69) is 39.8 Å². The normalized spacial score (nSPS) is 11.5. The second-order valence-electron chi connectivity index (χ2n) is 7.19.